The molecule has 1 unspecified atom stereocenters. The molecule has 1 N–H and O–H groups in total. The van der Waals surface area contributed by atoms with E-state index in [1.165, 1.54) is 32.1 Å². The Morgan fingerprint density at radius 3 is 2.47 bits per heavy atom. The van der Waals surface area contributed by atoms with E-state index >= 15 is 0 Å². The van der Waals surface area contributed by atoms with Gasteiger partial charge >= 0.3 is 0 Å². The molecule has 0 heterocycles. The van der Waals surface area contributed by atoms with Crippen LogP contribution in [0.1, 0.15) is 45.4 Å². The van der Waals surface area contributed by atoms with Gasteiger partial charge < -0.3 is 10.1 Å². The minimum Gasteiger partial charge on any atom is -0.374 e. The van der Waals surface area contributed by atoms with Crippen LogP contribution < -0.4 is 5.32 Å². The Bertz CT molecular complexity index is 184. The Kier molecular flexibility index (Phi) is 7.69. The lowest BCUT2D eigenvalue weighted by molar-refractivity contribution is 0.00116. The van der Waals surface area contributed by atoms with Crippen molar-refractivity contribution in [2.45, 2.75) is 57.9 Å². The van der Waals surface area contributed by atoms with E-state index < -0.39 is 13.0 Å². The van der Waals surface area contributed by atoms with Gasteiger partial charge in [-0.25, -0.2) is 8.78 Å². The SMILES string of the molecule is CCCNC(COCC(F)F)C1CCCCC1. The summed E-state index contributed by atoms with van der Waals surface area (Å²) in [6.45, 7) is 3.05. The third kappa shape index (κ3) is 6.32. The van der Waals surface area contributed by atoms with Crippen molar-refractivity contribution < 1.29 is 13.5 Å². The Balaban J connectivity index is 2.30. The molecule has 0 saturated heterocycles. The van der Waals surface area contributed by atoms with Crippen LogP contribution in [0.2, 0.25) is 0 Å². The van der Waals surface area contributed by atoms with Gasteiger partial charge in [-0.1, -0.05) is 26.2 Å². The van der Waals surface area contributed by atoms with Crippen molar-refractivity contribution in [2.75, 3.05) is 19.8 Å². The highest BCUT2D eigenvalue weighted by Gasteiger charge is 2.23. The van der Waals surface area contributed by atoms with E-state index in [1.807, 2.05) is 0 Å². The van der Waals surface area contributed by atoms with Crippen molar-refractivity contribution >= 4 is 0 Å². The molecule has 102 valence electrons. The lowest BCUT2D eigenvalue weighted by Gasteiger charge is -2.31. The molecule has 0 spiro atoms. The first-order valence-electron chi connectivity index (χ1n) is 6.83. The van der Waals surface area contributed by atoms with Crippen LogP contribution in [0, 0.1) is 5.92 Å². The minimum absolute atomic E-state index is 0.258. The maximum absolute atomic E-state index is 12.0. The first-order chi connectivity index (χ1) is 8.24. The second-order valence-corrected chi connectivity index (χ2v) is 4.89. The fraction of sp³-hybridized carbons (Fsp3) is 1.00. The normalized spacial score (nSPS) is 19.8. The molecule has 4 heteroatoms. The number of hydrogen-bond donors (Lipinski definition) is 1. The molecule has 1 fully saturated rings. The van der Waals surface area contributed by atoms with Crippen LogP contribution in [0.5, 0.6) is 0 Å². The Hall–Kier alpha value is -0.220. The zero-order valence-corrected chi connectivity index (χ0v) is 10.8. The molecule has 0 aliphatic heterocycles. The second-order valence-electron chi connectivity index (χ2n) is 4.89. The minimum atomic E-state index is -2.35. The average molecular weight is 249 g/mol. The van der Waals surface area contributed by atoms with Gasteiger partial charge in [0.1, 0.15) is 6.61 Å². The van der Waals surface area contributed by atoms with E-state index in [4.69, 9.17) is 4.74 Å². The van der Waals surface area contributed by atoms with Crippen molar-refractivity contribution in [1.82, 2.24) is 5.32 Å². The second kappa shape index (κ2) is 8.81. The molecule has 0 radical (unpaired) electrons. The molecule has 0 amide bonds. The summed E-state index contributed by atoms with van der Waals surface area (Å²) in [5, 5.41) is 3.44. The highest BCUT2D eigenvalue weighted by molar-refractivity contribution is 4.79. The molecular formula is C13H25F2NO. The maximum atomic E-state index is 12.0. The van der Waals surface area contributed by atoms with Gasteiger partial charge in [0.2, 0.25) is 0 Å². The lowest BCUT2D eigenvalue weighted by Crippen LogP contribution is -2.41. The summed E-state index contributed by atoms with van der Waals surface area (Å²) >= 11 is 0. The number of ether oxygens (including phenoxy) is 1. The van der Waals surface area contributed by atoms with Gasteiger partial charge in [0.25, 0.3) is 6.43 Å². The van der Waals surface area contributed by atoms with E-state index in [1.54, 1.807) is 0 Å². The van der Waals surface area contributed by atoms with Gasteiger partial charge in [-0.15, -0.1) is 0 Å². The standard InChI is InChI=1S/C13H25F2NO/c1-2-8-16-12(9-17-10-13(14)15)11-6-4-3-5-7-11/h11-13,16H,2-10H2,1H3. The number of rotatable bonds is 8. The fourth-order valence-corrected chi connectivity index (χ4v) is 2.51. The van der Waals surface area contributed by atoms with Gasteiger partial charge in [0.05, 0.1) is 6.61 Å². The number of hydrogen-bond acceptors (Lipinski definition) is 2. The molecule has 1 atom stereocenters. The monoisotopic (exact) mass is 249 g/mol. The molecule has 0 bridgehead atoms. The molecule has 0 aromatic heterocycles. The summed E-state index contributed by atoms with van der Waals surface area (Å²) in [6.07, 6.45) is 4.98. The Morgan fingerprint density at radius 2 is 1.88 bits per heavy atom. The van der Waals surface area contributed by atoms with Crippen molar-refractivity contribution in [3.05, 3.63) is 0 Å². The van der Waals surface area contributed by atoms with Crippen LogP contribution in [0.4, 0.5) is 8.78 Å². The number of nitrogens with one attached hydrogen (secondary N) is 1. The Morgan fingerprint density at radius 1 is 1.18 bits per heavy atom. The highest BCUT2D eigenvalue weighted by atomic mass is 19.3. The largest absolute Gasteiger partial charge is 0.374 e. The van der Waals surface area contributed by atoms with E-state index in [0.29, 0.717) is 12.5 Å². The van der Waals surface area contributed by atoms with Crippen LogP contribution in [-0.4, -0.2) is 32.2 Å². The zero-order chi connectivity index (χ0) is 12.5. The van der Waals surface area contributed by atoms with E-state index in [-0.39, 0.29) is 6.04 Å². The van der Waals surface area contributed by atoms with Gasteiger partial charge in [-0.05, 0) is 31.7 Å². The maximum Gasteiger partial charge on any atom is 0.261 e. The van der Waals surface area contributed by atoms with Crippen LogP contribution in [0.3, 0.4) is 0 Å². The number of alkyl halides is 2. The Labute approximate surface area is 103 Å². The first-order valence-corrected chi connectivity index (χ1v) is 6.83. The average Bonchev–Trinajstić information content (AvgIpc) is 2.34. The van der Waals surface area contributed by atoms with E-state index in [0.717, 1.165) is 13.0 Å². The zero-order valence-electron chi connectivity index (χ0n) is 10.8. The molecule has 1 aliphatic rings. The van der Waals surface area contributed by atoms with Gasteiger partial charge in [-0.2, -0.15) is 0 Å². The van der Waals surface area contributed by atoms with Crippen molar-refractivity contribution in [3.8, 4) is 0 Å². The van der Waals surface area contributed by atoms with Gasteiger partial charge in [0.15, 0.2) is 0 Å². The van der Waals surface area contributed by atoms with Crippen LogP contribution in [0.25, 0.3) is 0 Å². The van der Waals surface area contributed by atoms with Crippen LogP contribution >= 0.6 is 0 Å². The summed E-state index contributed by atoms with van der Waals surface area (Å²) in [6, 6.07) is 0.258. The van der Waals surface area contributed by atoms with Gasteiger partial charge in [0, 0.05) is 6.04 Å². The van der Waals surface area contributed by atoms with Crippen LogP contribution in [-0.2, 0) is 4.74 Å². The van der Waals surface area contributed by atoms with Gasteiger partial charge in [-0.3, -0.25) is 0 Å². The topological polar surface area (TPSA) is 21.3 Å². The third-order valence-corrected chi connectivity index (χ3v) is 3.42. The lowest BCUT2D eigenvalue weighted by atomic mass is 9.84. The molecule has 0 aromatic rings. The molecule has 17 heavy (non-hydrogen) atoms. The summed E-state index contributed by atoms with van der Waals surface area (Å²) in [4.78, 5) is 0. The summed E-state index contributed by atoms with van der Waals surface area (Å²) < 4.78 is 29.2. The van der Waals surface area contributed by atoms with Crippen LogP contribution in [0.15, 0.2) is 0 Å². The van der Waals surface area contributed by atoms with E-state index in [9.17, 15) is 8.78 Å². The molecule has 1 aliphatic carbocycles. The smallest absolute Gasteiger partial charge is 0.261 e. The summed E-state index contributed by atoms with van der Waals surface area (Å²) in [7, 11) is 0. The van der Waals surface area contributed by atoms with Crippen molar-refractivity contribution in [2.24, 2.45) is 5.92 Å². The quantitative estimate of drug-likeness (QED) is 0.713. The highest BCUT2D eigenvalue weighted by Crippen LogP contribution is 2.26. The summed E-state index contributed by atoms with van der Waals surface area (Å²) in [5.74, 6) is 0.605. The third-order valence-electron chi connectivity index (χ3n) is 3.42. The predicted octanol–water partition coefficient (Wildman–Crippen LogP) is 3.22. The summed E-state index contributed by atoms with van der Waals surface area (Å²) in [5.41, 5.74) is 0. The molecule has 1 rings (SSSR count). The van der Waals surface area contributed by atoms with Crippen molar-refractivity contribution in [1.29, 1.82) is 0 Å². The molecular weight excluding hydrogens is 224 g/mol. The first kappa shape index (κ1) is 14.8. The van der Waals surface area contributed by atoms with E-state index in [2.05, 4.69) is 12.2 Å². The van der Waals surface area contributed by atoms with Crippen molar-refractivity contribution in [3.63, 3.8) is 0 Å². The molecule has 0 aromatic carbocycles. The predicted molar refractivity (Wildman–Crippen MR) is 65.5 cm³/mol. The fourth-order valence-electron chi connectivity index (χ4n) is 2.51. The molecule has 2 nitrogen and oxygen atoms in total. The number of halogens is 2. The molecule has 1 saturated carbocycles.